The van der Waals surface area contributed by atoms with E-state index in [9.17, 15) is 4.79 Å². The van der Waals surface area contributed by atoms with Crippen molar-refractivity contribution in [1.29, 1.82) is 0 Å². The molecule has 14 heavy (non-hydrogen) atoms. The van der Waals surface area contributed by atoms with Gasteiger partial charge >= 0.3 is 0 Å². The van der Waals surface area contributed by atoms with E-state index < -0.39 is 0 Å². The van der Waals surface area contributed by atoms with Gasteiger partial charge in [-0.05, 0) is 5.92 Å². The van der Waals surface area contributed by atoms with Crippen LogP contribution in [0.1, 0.15) is 13.3 Å². The quantitative estimate of drug-likeness (QED) is 0.235. The number of amidine groups is 1. The van der Waals surface area contributed by atoms with Gasteiger partial charge in [-0.25, -0.2) is 0 Å². The van der Waals surface area contributed by atoms with Crippen molar-refractivity contribution in [2.75, 3.05) is 20.3 Å². The van der Waals surface area contributed by atoms with Crippen molar-refractivity contribution in [1.82, 2.24) is 5.32 Å². The summed E-state index contributed by atoms with van der Waals surface area (Å²) in [6.45, 7) is 3.06. The van der Waals surface area contributed by atoms with Crippen LogP contribution in [0.15, 0.2) is 5.16 Å². The molecule has 1 unspecified atom stereocenters. The number of hydrogen-bond donors (Lipinski definition) is 3. The molecule has 0 bridgehead atoms. The molecule has 1 amide bonds. The van der Waals surface area contributed by atoms with Gasteiger partial charge in [0.1, 0.15) is 5.84 Å². The predicted molar refractivity (Wildman–Crippen MR) is 52.1 cm³/mol. The zero-order chi connectivity index (χ0) is 11.0. The highest BCUT2D eigenvalue weighted by Gasteiger charge is 2.06. The maximum absolute atomic E-state index is 11.1. The molecule has 6 heteroatoms. The second-order valence-corrected chi connectivity index (χ2v) is 3.13. The molecule has 0 heterocycles. The van der Waals surface area contributed by atoms with Gasteiger partial charge in [0, 0.05) is 13.7 Å². The Labute approximate surface area is 83.1 Å². The fourth-order valence-corrected chi connectivity index (χ4v) is 0.894. The van der Waals surface area contributed by atoms with Gasteiger partial charge in [-0.1, -0.05) is 12.1 Å². The van der Waals surface area contributed by atoms with Gasteiger partial charge in [0.05, 0.1) is 13.0 Å². The highest BCUT2D eigenvalue weighted by molar-refractivity contribution is 5.98. The number of nitrogens with one attached hydrogen (secondary N) is 1. The van der Waals surface area contributed by atoms with Gasteiger partial charge in [-0.2, -0.15) is 0 Å². The van der Waals surface area contributed by atoms with Gasteiger partial charge in [-0.15, -0.1) is 0 Å². The molecule has 0 saturated heterocycles. The van der Waals surface area contributed by atoms with Crippen LogP contribution < -0.4 is 11.1 Å². The van der Waals surface area contributed by atoms with Crippen LogP contribution in [0.25, 0.3) is 0 Å². The van der Waals surface area contributed by atoms with Gasteiger partial charge in [0.15, 0.2) is 0 Å². The van der Waals surface area contributed by atoms with Crippen molar-refractivity contribution in [2.24, 2.45) is 16.8 Å². The highest BCUT2D eigenvalue weighted by Crippen LogP contribution is 1.92. The molecule has 0 aliphatic carbocycles. The summed E-state index contributed by atoms with van der Waals surface area (Å²) in [5, 5.41) is 13.6. The van der Waals surface area contributed by atoms with E-state index in [0.29, 0.717) is 13.2 Å². The number of amides is 1. The van der Waals surface area contributed by atoms with Crippen LogP contribution in [0, 0.1) is 5.92 Å². The smallest absolute Gasteiger partial charge is 0.227 e. The minimum Gasteiger partial charge on any atom is -0.409 e. The Bertz CT molecular complexity index is 206. The third-order valence-electron chi connectivity index (χ3n) is 1.57. The summed E-state index contributed by atoms with van der Waals surface area (Å²) in [6.07, 6.45) is -0.0871. The fraction of sp³-hybridized carbons (Fsp3) is 0.750. The van der Waals surface area contributed by atoms with Crippen molar-refractivity contribution >= 4 is 11.7 Å². The summed E-state index contributed by atoms with van der Waals surface area (Å²) in [7, 11) is 1.61. The van der Waals surface area contributed by atoms with Crippen LogP contribution in [0.4, 0.5) is 0 Å². The Hall–Kier alpha value is -1.30. The zero-order valence-corrected chi connectivity index (χ0v) is 8.49. The second-order valence-electron chi connectivity index (χ2n) is 3.13. The number of carbonyl (C=O) groups excluding carboxylic acids is 1. The molecule has 6 nitrogen and oxygen atoms in total. The standard InChI is InChI=1S/C8H17N3O3/c1-6(5-14-2)4-10-8(12)3-7(9)11-13/h6,13H,3-5H2,1-2H3,(H2,9,11)(H,10,12). The van der Waals surface area contributed by atoms with Crippen molar-refractivity contribution in [3.05, 3.63) is 0 Å². The first kappa shape index (κ1) is 12.7. The number of carbonyl (C=O) groups is 1. The Balaban J connectivity index is 3.63. The van der Waals surface area contributed by atoms with Crippen LogP contribution >= 0.6 is 0 Å². The minimum absolute atomic E-state index is 0.0871. The molecule has 82 valence electrons. The van der Waals surface area contributed by atoms with E-state index in [1.165, 1.54) is 0 Å². The Morgan fingerprint density at radius 3 is 2.86 bits per heavy atom. The molecule has 0 saturated carbocycles. The average Bonchev–Trinajstić information content (AvgIpc) is 2.15. The number of nitrogens with zero attached hydrogens (tertiary/aromatic N) is 1. The van der Waals surface area contributed by atoms with Gasteiger partial charge < -0.3 is 21.0 Å². The SMILES string of the molecule is COCC(C)CNC(=O)CC(N)=NO. The van der Waals surface area contributed by atoms with E-state index >= 15 is 0 Å². The lowest BCUT2D eigenvalue weighted by atomic mass is 10.2. The van der Waals surface area contributed by atoms with Crippen LogP contribution in [-0.2, 0) is 9.53 Å². The molecule has 4 N–H and O–H groups in total. The first-order valence-electron chi connectivity index (χ1n) is 4.32. The summed E-state index contributed by atoms with van der Waals surface area (Å²) in [5.41, 5.74) is 5.15. The molecular weight excluding hydrogens is 186 g/mol. The molecule has 0 radical (unpaired) electrons. The number of rotatable bonds is 6. The third-order valence-corrected chi connectivity index (χ3v) is 1.57. The number of hydrogen-bond acceptors (Lipinski definition) is 4. The lowest BCUT2D eigenvalue weighted by molar-refractivity contribution is -0.120. The summed E-state index contributed by atoms with van der Waals surface area (Å²) in [4.78, 5) is 11.1. The second kappa shape index (κ2) is 7.14. The van der Waals surface area contributed by atoms with Crippen LogP contribution in [0.3, 0.4) is 0 Å². The number of methoxy groups -OCH3 is 1. The lowest BCUT2D eigenvalue weighted by Crippen LogP contribution is -2.32. The zero-order valence-electron chi connectivity index (χ0n) is 8.49. The van der Waals surface area contributed by atoms with Crippen molar-refractivity contribution in [3.8, 4) is 0 Å². The van der Waals surface area contributed by atoms with E-state index in [0.717, 1.165) is 0 Å². The van der Waals surface area contributed by atoms with E-state index in [1.54, 1.807) is 7.11 Å². The molecule has 0 spiro atoms. The first-order chi connectivity index (χ1) is 6.60. The Morgan fingerprint density at radius 2 is 2.36 bits per heavy atom. The summed E-state index contributed by atoms with van der Waals surface area (Å²) < 4.78 is 4.90. The number of oxime groups is 1. The maximum atomic E-state index is 11.1. The molecule has 0 aromatic rings. The average molecular weight is 203 g/mol. The molecule has 0 fully saturated rings. The Kier molecular flexibility index (Phi) is 6.47. The normalized spacial score (nSPS) is 13.7. The van der Waals surface area contributed by atoms with Gasteiger partial charge in [0.25, 0.3) is 0 Å². The van der Waals surface area contributed by atoms with E-state index in [2.05, 4.69) is 10.5 Å². The number of nitrogens with two attached hydrogens (primary N) is 1. The molecule has 0 aliphatic heterocycles. The number of ether oxygens (including phenoxy) is 1. The predicted octanol–water partition coefficient (Wildman–Crippen LogP) is -0.478. The monoisotopic (exact) mass is 203 g/mol. The summed E-state index contributed by atoms with van der Waals surface area (Å²) in [6, 6.07) is 0. The largest absolute Gasteiger partial charge is 0.409 e. The van der Waals surface area contributed by atoms with Crippen molar-refractivity contribution < 1.29 is 14.7 Å². The van der Waals surface area contributed by atoms with E-state index in [1.807, 2.05) is 6.92 Å². The van der Waals surface area contributed by atoms with Crippen molar-refractivity contribution in [3.63, 3.8) is 0 Å². The van der Waals surface area contributed by atoms with Crippen molar-refractivity contribution in [2.45, 2.75) is 13.3 Å². The van der Waals surface area contributed by atoms with E-state index in [-0.39, 0.29) is 24.1 Å². The van der Waals surface area contributed by atoms with Crippen LogP contribution in [0.5, 0.6) is 0 Å². The van der Waals surface area contributed by atoms with E-state index in [4.69, 9.17) is 15.7 Å². The summed E-state index contributed by atoms with van der Waals surface area (Å²) in [5.74, 6) is -0.110. The Morgan fingerprint density at radius 1 is 1.71 bits per heavy atom. The topological polar surface area (TPSA) is 96.9 Å². The highest BCUT2D eigenvalue weighted by atomic mass is 16.5. The molecule has 0 aromatic carbocycles. The molecule has 0 aliphatic rings. The van der Waals surface area contributed by atoms with Crippen LogP contribution in [0.2, 0.25) is 0 Å². The molecule has 0 aromatic heterocycles. The first-order valence-corrected chi connectivity index (χ1v) is 4.32. The third kappa shape index (κ3) is 6.24. The van der Waals surface area contributed by atoms with Crippen LogP contribution in [-0.4, -0.2) is 37.2 Å². The van der Waals surface area contributed by atoms with Gasteiger partial charge in [-0.3, -0.25) is 4.79 Å². The molecule has 0 rings (SSSR count). The molecular formula is C8H17N3O3. The summed E-state index contributed by atoms with van der Waals surface area (Å²) >= 11 is 0. The van der Waals surface area contributed by atoms with Gasteiger partial charge in [0.2, 0.25) is 5.91 Å². The maximum Gasteiger partial charge on any atom is 0.227 e. The lowest BCUT2D eigenvalue weighted by Gasteiger charge is -2.10. The molecule has 1 atom stereocenters. The minimum atomic E-state index is -0.261. The fourth-order valence-electron chi connectivity index (χ4n) is 0.894.